The fourth-order valence-corrected chi connectivity index (χ4v) is 1.11. The van der Waals surface area contributed by atoms with Crippen molar-refractivity contribution in [1.29, 1.82) is 0 Å². The van der Waals surface area contributed by atoms with Crippen molar-refractivity contribution < 1.29 is 17.1 Å². The first-order valence-corrected chi connectivity index (χ1v) is 3.77. The molecule has 0 bridgehead atoms. The van der Waals surface area contributed by atoms with E-state index in [1.54, 1.807) is 0 Å². The van der Waals surface area contributed by atoms with Gasteiger partial charge in [0.15, 0.2) is 0 Å². The van der Waals surface area contributed by atoms with Crippen LogP contribution in [0, 0.1) is 0 Å². The Kier molecular flexibility index (Phi) is 6.20. The molecule has 0 N–H and O–H groups in total. The maximum Gasteiger partial charge on any atom is 1.00 e. The number of hydrogen-bond donors (Lipinski definition) is 0. The van der Waals surface area contributed by atoms with Crippen molar-refractivity contribution in [2.75, 3.05) is 0 Å². The van der Waals surface area contributed by atoms with Gasteiger partial charge in [-0.2, -0.15) is 0 Å². The van der Waals surface area contributed by atoms with Crippen LogP contribution in [0.1, 0.15) is 25.7 Å². The van der Waals surface area contributed by atoms with Gasteiger partial charge in [-0.25, -0.2) is 0 Å². The van der Waals surface area contributed by atoms with Gasteiger partial charge in [-0.3, -0.25) is 0 Å². The van der Waals surface area contributed by atoms with Crippen molar-refractivity contribution in [1.82, 2.24) is 0 Å². The maximum atomic E-state index is 5.82. The molecule has 10 heavy (non-hydrogen) atoms. The number of allylic oxidation sites excluding steroid dienone is 4. The molecule has 1 rings (SSSR count). The van der Waals surface area contributed by atoms with Gasteiger partial charge in [0, 0.05) is 5.03 Å². The minimum absolute atomic E-state index is 0. The molecule has 0 aromatic heterocycles. The quantitative estimate of drug-likeness (QED) is 0.421. The number of halogens is 1. The van der Waals surface area contributed by atoms with E-state index in [-0.39, 0.29) is 17.1 Å². The second kappa shape index (κ2) is 6.03. The van der Waals surface area contributed by atoms with E-state index in [9.17, 15) is 0 Å². The van der Waals surface area contributed by atoms with E-state index in [2.05, 4.69) is 18.2 Å². The Labute approximate surface area is 77.8 Å². The van der Waals surface area contributed by atoms with Gasteiger partial charge in [0.2, 0.25) is 0 Å². The van der Waals surface area contributed by atoms with E-state index in [4.69, 9.17) is 11.6 Å². The molecule has 0 heterocycles. The summed E-state index contributed by atoms with van der Waals surface area (Å²) in [6.45, 7) is 0. The zero-order valence-corrected chi connectivity index (χ0v) is 7.44. The van der Waals surface area contributed by atoms with E-state index in [1.165, 1.54) is 0 Å². The topological polar surface area (TPSA) is 0 Å². The fourth-order valence-electron chi connectivity index (χ4n) is 0.895. The van der Waals surface area contributed by atoms with Crippen molar-refractivity contribution >= 4 is 11.6 Å². The van der Waals surface area contributed by atoms with Crippen LogP contribution in [0.4, 0.5) is 0 Å². The smallest absolute Gasteiger partial charge is 0.0895 e. The Morgan fingerprint density at radius 1 is 1.10 bits per heavy atom. The fraction of sp³-hybridized carbons (Fsp3) is 0.500. The minimum atomic E-state index is 0. The minimum Gasteiger partial charge on any atom is -0.0895 e. The van der Waals surface area contributed by atoms with Gasteiger partial charge >= 0.3 is 17.1 Å². The zero-order chi connectivity index (χ0) is 6.53. The Bertz CT molecular complexity index is 138. The molecular weight excluding hydrogens is 195 g/mol. The van der Waals surface area contributed by atoms with Crippen LogP contribution in [0.5, 0.6) is 0 Å². The van der Waals surface area contributed by atoms with Crippen molar-refractivity contribution in [2.45, 2.75) is 25.7 Å². The van der Waals surface area contributed by atoms with Crippen LogP contribution in [0.25, 0.3) is 0 Å². The van der Waals surface area contributed by atoms with Crippen LogP contribution in [0.15, 0.2) is 23.3 Å². The molecule has 0 atom stereocenters. The third-order valence-electron chi connectivity index (χ3n) is 1.42. The standard InChI is InChI=1S/C8H11Cl.Cu/c9-8-6-4-2-1-3-5-7-8;/h1-2,7H,3-6H2;/q;+1. The van der Waals surface area contributed by atoms with E-state index in [0.29, 0.717) is 0 Å². The summed E-state index contributed by atoms with van der Waals surface area (Å²) in [5.74, 6) is 0. The molecule has 1 aliphatic carbocycles. The molecule has 0 fully saturated rings. The summed E-state index contributed by atoms with van der Waals surface area (Å²) >= 11 is 5.82. The largest absolute Gasteiger partial charge is 1.00 e. The predicted molar refractivity (Wildman–Crippen MR) is 41.5 cm³/mol. The summed E-state index contributed by atoms with van der Waals surface area (Å²) in [7, 11) is 0. The Morgan fingerprint density at radius 3 is 2.60 bits per heavy atom. The van der Waals surface area contributed by atoms with Crippen LogP contribution < -0.4 is 0 Å². The van der Waals surface area contributed by atoms with Crippen LogP contribution in [0.3, 0.4) is 0 Å². The van der Waals surface area contributed by atoms with Gasteiger partial charge < -0.3 is 0 Å². The maximum absolute atomic E-state index is 5.82. The number of hydrogen-bond acceptors (Lipinski definition) is 0. The molecule has 0 amide bonds. The molecule has 0 aliphatic heterocycles. The van der Waals surface area contributed by atoms with Crippen molar-refractivity contribution in [3.05, 3.63) is 23.3 Å². The first-order valence-electron chi connectivity index (χ1n) is 3.39. The molecule has 0 aromatic rings. The third-order valence-corrected chi connectivity index (χ3v) is 1.76. The van der Waals surface area contributed by atoms with Gasteiger partial charge in [-0.1, -0.05) is 29.8 Å². The molecule has 0 spiro atoms. The molecule has 0 unspecified atom stereocenters. The SMILES string of the molecule is ClC1=CCCC=CCC1.[Cu+]. The van der Waals surface area contributed by atoms with Crippen LogP contribution in [0.2, 0.25) is 0 Å². The molecular formula is C8H11ClCu+. The molecule has 0 radical (unpaired) electrons. The molecule has 60 valence electrons. The van der Waals surface area contributed by atoms with Gasteiger partial charge in [0.1, 0.15) is 0 Å². The molecule has 0 nitrogen and oxygen atoms in total. The van der Waals surface area contributed by atoms with Gasteiger partial charge in [-0.15, -0.1) is 0 Å². The van der Waals surface area contributed by atoms with Gasteiger partial charge in [-0.05, 0) is 25.7 Å². The Morgan fingerprint density at radius 2 is 1.80 bits per heavy atom. The average molecular weight is 206 g/mol. The van der Waals surface area contributed by atoms with E-state index >= 15 is 0 Å². The van der Waals surface area contributed by atoms with E-state index in [0.717, 1.165) is 30.7 Å². The predicted octanol–water partition coefficient (Wildman–Crippen LogP) is 3.24. The molecule has 1 aliphatic rings. The van der Waals surface area contributed by atoms with Crippen molar-refractivity contribution in [3.63, 3.8) is 0 Å². The third kappa shape index (κ3) is 4.16. The van der Waals surface area contributed by atoms with Crippen LogP contribution >= 0.6 is 11.6 Å². The summed E-state index contributed by atoms with van der Waals surface area (Å²) in [6, 6.07) is 0. The van der Waals surface area contributed by atoms with Crippen molar-refractivity contribution in [3.8, 4) is 0 Å². The molecule has 2 heteroatoms. The van der Waals surface area contributed by atoms with Crippen LogP contribution in [-0.4, -0.2) is 0 Å². The summed E-state index contributed by atoms with van der Waals surface area (Å²) < 4.78 is 0. The summed E-state index contributed by atoms with van der Waals surface area (Å²) in [5.41, 5.74) is 0. The molecule has 0 saturated carbocycles. The average Bonchev–Trinajstić information content (AvgIpc) is 1.79. The van der Waals surface area contributed by atoms with Crippen molar-refractivity contribution in [2.24, 2.45) is 0 Å². The number of rotatable bonds is 0. The molecule has 0 saturated heterocycles. The van der Waals surface area contributed by atoms with Gasteiger partial charge in [0.05, 0.1) is 0 Å². The normalized spacial score (nSPS) is 18.3. The second-order valence-electron chi connectivity index (χ2n) is 2.24. The Balaban J connectivity index is 0.000000810. The van der Waals surface area contributed by atoms with Crippen LogP contribution in [-0.2, 0) is 17.1 Å². The molecule has 0 aromatic carbocycles. The summed E-state index contributed by atoms with van der Waals surface area (Å²) in [6.07, 6.45) is 10.9. The van der Waals surface area contributed by atoms with E-state index < -0.39 is 0 Å². The monoisotopic (exact) mass is 205 g/mol. The second-order valence-corrected chi connectivity index (χ2v) is 2.72. The first-order chi connectivity index (χ1) is 4.39. The van der Waals surface area contributed by atoms with E-state index in [1.807, 2.05) is 0 Å². The summed E-state index contributed by atoms with van der Waals surface area (Å²) in [4.78, 5) is 0. The summed E-state index contributed by atoms with van der Waals surface area (Å²) in [5, 5.41) is 1.03. The Hall–Kier alpha value is 0.289. The van der Waals surface area contributed by atoms with Gasteiger partial charge in [0.25, 0.3) is 0 Å². The first kappa shape index (κ1) is 10.3. The zero-order valence-electron chi connectivity index (χ0n) is 5.74.